The maximum absolute atomic E-state index is 12.7. The number of ether oxygens (including phenoxy) is 2. The fraction of sp³-hybridized carbons (Fsp3) is 0.350. The van der Waals surface area contributed by atoms with Gasteiger partial charge in [0.15, 0.2) is 0 Å². The maximum Gasteiger partial charge on any atom is 0.259 e. The third-order valence-electron chi connectivity index (χ3n) is 3.32. The molecule has 0 saturated carbocycles. The van der Waals surface area contributed by atoms with Crippen molar-refractivity contribution in [2.75, 3.05) is 18.5 Å². The first kappa shape index (κ1) is 19.3. The number of benzene rings is 2. The van der Waals surface area contributed by atoms with Crippen molar-refractivity contribution >= 4 is 27.5 Å². The lowest BCUT2D eigenvalue weighted by Crippen LogP contribution is -2.14. The lowest BCUT2D eigenvalue weighted by molar-refractivity contribution is 0.102. The summed E-state index contributed by atoms with van der Waals surface area (Å²) in [6, 6.07) is 12.8. The standard InChI is InChI=1S/C20H24BrNO3/c1-4-10-24-19-9-8-15(21)11-18(19)20(23)22-16-6-5-7-17(12-16)25-13-14(2)3/h5-9,11-12,14H,4,10,13H2,1-3H3,(H,22,23). The highest BCUT2D eigenvalue weighted by Crippen LogP contribution is 2.25. The predicted molar refractivity (Wildman–Crippen MR) is 105 cm³/mol. The van der Waals surface area contributed by atoms with Gasteiger partial charge in [-0.1, -0.05) is 42.8 Å². The largest absolute Gasteiger partial charge is 0.493 e. The van der Waals surface area contributed by atoms with Crippen LogP contribution in [0.15, 0.2) is 46.9 Å². The van der Waals surface area contributed by atoms with Crippen LogP contribution in [-0.4, -0.2) is 19.1 Å². The lowest BCUT2D eigenvalue weighted by atomic mass is 10.1. The second kappa shape index (κ2) is 9.47. The van der Waals surface area contributed by atoms with E-state index in [1.165, 1.54) is 0 Å². The number of amides is 1. The highest BCUT2D eigenvalue weighted by molar-refractivity contribution is 9.10. The molecule has 1 amide bonds. The van der Waals surface area contributed by atoms with E-state index in [0.29, 0.717) is 36.1 Å². The Hall–Kier alpha value is -2.01. The van der Waals surface area contributed by atoms with E-state index >= 15 is 0 Å². The van der Waals surface area contributed by atoms with E-state index in [4.69, 9.17) is 9.47 Å². The molecule has 0 saturated heterocycles. The molecule has 2 aromatic carbocycles. The summed E-state index contributed by atoms with van der Waals surface area (Å²) in [6.07, 6.45) is 0.881. The van der Waals surface area contributed by atoms with Gasteiger partial charge in [-0.15, -0.1) is 0 Å². The highest BCUT2D eigenvalue weighted by atomic mass is 79.9. The third kappa shape index (κ3) is 6.09. The van der Waals surface area contributed by atoms with Crippen LogP contribution in [0.5, 0.6) is 11.5 Å². The number of anilines is 1. The first-order valence-electron chi connectivity index (χ1n) is 8.46. The average molecular weight is 406 g/mol. The summed E-state index contributed by atoms with van der Waals surface area (Å²) in [6.45, 7) is 7.42. The zero-order chi connectivity index (χ0) is 18.2. The van der Waals surface area contributed by atoms with Gasteiger partial charge in [0, 0.05) is 16.2 Å². The molecule has 25 heavy (non-hydrogen) atoms. The summed E-state index contributed by atoms with van der Waals surface area (Å²) in [5.74, 6) is 1.55. The van der Waals surface area contributed by atoms with Crippen LogP contribution in [0, 0.1) is 5.92 Å². The van der Waals surface area contributed by atoms with Gasteiger partial charge in [0.1, 0.15) is 11.5 Å². The zero-order valence-electron chi connectivity index (χ0n) is 14.8. The van der Waals surface area contributed by atoms with Crippen LogP contribution in [0.2, 0.25) is 0 Å². The van der Waals surface area contributed by atoms with Crippen molar-refractivity contribution in [2.45, 2.75) is 27.2 Å². The molecule has 0 unspecified atom stereocenters. The van der Waals surface area contributed by atoms with Gasteiger partial charge in [-0.25, -0.2) is 0 Å². The SMILES string of the molecule is CCCOc1ccc(Br)cc1C(=O)Nc1cccc(OCC(C)C)c1. The third-order valence-corrected chi connectivity index (χ3v) is 3.82. The van der Waals surface area contributed by atoms with Crippen LogP contribution in [-0.2, 0) is 0 Å². The van der Waals surface area contributed by atoms with Crippen LogP contribution in [0.4, 0.5) is 5.69 Å². The van der Waals surface area contributed by atoms with Gasteiger partial charge in [-0.3, -0.25) is 4.79 Å². The molecule has 0 atom stereocenters. The lowest BCUT2D eigenvalue weighted by Gasteiger charge is -2.13. The molecular formula is C20H24BrNO3. The zero-order valence-corrected chi connectivity index (χ0v) is 16.4. The minimum Gasteiger partial charge on any atom is -0.493 e. The van der Waals surface area contributed by atoms with Gasteiger partial charge in [0.2, 0.25) is 0 Å². The smallest absolute Gasteiger partial charge is 0.259 e. The molecule has 0 spiro atoms. The van der Waals surface area contributed by atoms with Gasteiger partial charge >= 0.3 is 0 Å². The summed E-state index contributed by atoms with van der Waals surface area (Å²) in [5.41, 5.74) is 1.18. The monoisotopic (exact) mass is 405 g/mol. The molecule has 4 nitrogen and oxygen atoms in total. The molecule has 0 bridgehead atoms. The number of hydrogen-bond donors (Lipinski definition) is 1. The molecule has 0 radical (unpaired) electrons. The topological polar surface area (TPSA) is 47.6 Å². The second-order valence-corrected chi connectivity index (χ2v) is 7.09. The Kier molecular flexibility index (Phi) is 7.31. The van der Waals surface area contributed by atoms with E-state index in [1.54, 1.807) is 12.1 Å². The maximum atomic E-state index is 12.7. The van der Waals surface area contributed by atoms with Gasteiger partial charge in [0.25, 0.3) is 5.91 Å². The van der Waals surface area contributed by atoms with Crippen LogP contribution >= 0.6 is 15.9 Å². The average Bonchev–Trinajstić information content (AvgIpc) is 2.59. The van der Waals surface area contributed by atoms with Crippen LogP contribution in [0.3, 0.4) is 0 Å². The number of halogens is 1. The number of carbonyl (C=O) groups excluding carboxylic acids is 1. The summed E-state index contributed by atoms with van der Waals surface area (Å²) >= 11 is 3.41. The van der Waals surface area contributed by atoms with Crippen molar-refractivity contribution in [3.05, 3.63) is 52.5 Å². The number of carbonyl (C=O) groups is 1. The molecule has 0 aliphatic heterocycles. The van der Waals surface area contributed by atoms with Crippen molar-refractivity contribution in [3.63, 3.8) is 0 Å². The van der Waals surface area contributed by atoms with Gasteiger partial charge in [0.05, 0.1) is 18.8 Å². The molecule has 0 aliphatic rings. The molecule has 5 heteroatoms. The van der Waals surface area contributed by atoms with E-state index in [0.717, 1.165) is 16.6 Å². The first-order valence-corrected chi connectivity index (χ1v) is 9.25. The van der Waals surface area contributed by atoms with Crippen LogP contribution in [0.1, 0.15) is 37.6 Å². The fourth-order valence-electron chi connectivity index (χ4n) is 2.14. The van der Waals surface area contributed by atoms with Crippen molar-refractivity contribution < 1.29 is 14.3 Å². The summed E-state index contributed by atoms with van der Waals surface area (Å²) < 4.78 is 12.2. The Morgan fingerprint density at radius 3 is 2.68 bits per heavy atom. The van der Waals surface area contributed by atoms with Gasteiger partial charge < -0.3 is 14.8 Å². The predicted octanol–water partition coefficient (Wildman–Crippen LogP) is 5.53. The molecule has 2 aromatic rings. The molecule has 1 N–H and O–H groups in total. The molecule has 0 fully saturated rings. The molecule has 0 heterocycles. The molecule has 134 valence electrons. The minimum atomic E-state index is -0.214. The van der Waals surface area contributed by atoms with E-state index in [1.807, 2.05) is 37.3 Å². The second-order valence-electron chi connectivity index (χ2n) is 6.18. The van der Waals surface area contributed by atoms with E-state index in [-0.39, 0.29) is 5.91 Å². The van der Waals surface area contributed by atoms with Crippen molar-refractivity contribution in [1.29, 1.82) is 0 Å². The Morgan fingerprint density at radius 1 is 1.16 bits per heavy atom. The highest BCUT2D eigenvalue weighted by Gasteiger charge is 2.14. The van der Waals surface area contributed by atoms with Crippen LogP contribution < -0.4 is 14.8 Å². The number of hydrogen-bond acceptors (Lipinski definition) is 3. The molecule has 0 aromatic heterocycles. The number of nitrogens with one attached hydrogen (secondary N) is 1. The normalized spacial score (nSPS) is 10.6. The summed E-state index contributed by atoms with van der Waals surface area (Å²) in [7, 11) is 0. The van der Waals surface area contributed by atoms with E-state index in [2.05, 4.69) is 35.1 Å². The summed E-state index contributed by atoms with van der Waals surface area (Å²) in [5, 5.41) is 2.91. The Labute approximate surface area is 157 Å². The van der Waals surface area contributed by atoms with E-state index in [9.17, 15) is 4.79 Å². The van der Waals surface area contributed by atoms with Crippen LogP contribution in [0.25, 0.3) is 0 Å². The fourth-order valence-corrected chi connectivity index (χ4v) is 2.50. The quantitative estimate of drug-likeness (QED) is 0.628. The Bertz CT molecular complexity index is 716. The van der Waals surface area contributed by atoms with Gasteiger partial charge in [-0.05, 0) is 42.7 Å². The molecule has 2 rings (SSSR count). The van der Waals surface area contributed by atoms with Gasteiger partial charge in [-0.2, -0.15) is 0 Å². The summed E-state index contributed by atoms with van der Waals surface area (Å²) in [4.78, 5) is 12.7. The van der Waals surface area contributed by atoms with Crippen molar-refractivity contribution in [2.24, 2.45) is 5.92 Å². The van der Waals surface area contributed by atoms with Crippen molar-refractivity contribution in [3.8, 4) is 11.5 Å². The van der Waals surface area contributed by atoms with Crippen molar-refractivity contribution in [1.82, 2.24) is 0 Å². The first-order chi connectivity index (χ1) is 12.0. The van der Waals surface area contributed by atoms with E-state index < -0.39 is 0 Å². The number of rotatable bonds is 8. The minimum absolute atomic E-state index is 0.214. The Morgan fingerprint density at radius 2 is 1.96 bits per heavy atom. The molecular weight excluding hydrogens is 382 g/mol. The Balaban J connectivity index is 2.14. The molecule has 0 aliphatic carbocycles.